The number of benzene rings is 4. The Morgan fingerprint density at radius 1 is 1.03 bits per heavy atom. The number of carboxylic acids is 1. The first-order valence-electron chi connectivity index (χ1n) is 12.0. The first kappa shape index (κ1) is 26.5. The van der Waals surface area contributed by atoms with Crippen LogP contribution in [-0.2, 0) is 0 Å². The summed E-state index contributed by atoms with van der Waals surface area (Å²) >= 11 is 0. The Balaban J connectivity index is 0.00000320. The molecule has 4 aromatic rings. The van der Waals surface area contributed by atoms with Gasteiger partial charge < -0.3 is 19.9 Å². The van der Waals surface area contributed by atoms with E-state index in [1.807, 2.05) is 54.6 Å². The number of halogens is 2. The fraction of sp³-hybridized carbons (Fsp3) is 0.233. The van der Waals surface area contributed by atoms with Gasteiger partial charge in [-0.15, -0.1) is 12.4 Å². The summed E-state index contributed by atoms with van der Waals surface area (Å²) in [6, 6.07) is 23.9. The van der Waals surface area contributed by atoms with Gasteiger partial charge in [-0.1, -0.05) is 60.7 Å². The van der Waals surface area contributed by atoms with Crippen LogP contribution in [0, 0.1) is 5.82 Å². The zero-order valence-corrected chi connectivity index (χ0v) is 21.4. The van der Waals surface area contributed by atoms with Crippen LogP contribution in [0.3, 0.4) is 0 Å². The van der Waals surface area contributed by atoms with Crippen molar-refractivity contribution in [2.75, 3.05) is 13.7 Å². The molecule has 5 rings (SSSR count). The minimum Gasteiger partial charge on any atom is -0.496 e. The Morgan fingerprint density at radius 3 is 2.49 bits per heavy atom. The number of fused-ring (bicyclic) bond motifs is 2. The predicted molar refractivity (Wildman–Crippen MR) is 145 cm³/mol. The van der Waals surface area contributed by atoms with E-state index in [0.29, 0.717) is 24.1 Å². The van der Waals surface area contributed by atoms with Gasteiger partial charge in [0.1, 0.15) is 29.0 Å². The number of hydrogen-bond donors (Lipinski definition) is 2. The molecule has 5 nitrogen and oxygen atoms in total. The Labute approximate surface area is 221 Å². The van der Waals surface area contributed by atoms with Crippen molar-refractivity contribution in [1.29, 1.82) is 0 Å². The summed E-state index contributed by atoms with van der Waals surface area (Å²) in [6.07, 6.45) is 0.498. The smallest absolute Gasteiger partial charge is 0.339 e. The summed E-state index contributed by atoms with van der Waals surface area (Å²) in [5, 5.41) is 14.7. The Kier molecular flexibility index (Phi) is 8.00. The molecule has 4 aromatic carbocycles. The lowest BCUT2D eigenvalue weighted by molar-refractivity contribution is 0.0693. The molecule has 0 amide bonds. The second-order valence-electron chi connectivity index (χ2n) is 9.11. The molecule has 0 saturated heterocycles. The van der Waals surface area contributed by atoms with Crippen molar-refractivity contribution in [3.63, 3.8) is 0 Å². The van der Waals surface area contributed by atoms with E-state index in [2.05, 4.69) is 12.2 Å². The molecule has 0 aromatic heterocycles. The van der Waals surface area contributed by atoms with E-state index in [4.69, 9.17) is 9.47 Å². The van der Waals surface area contributed by atoms with Crippen molar-refractivity contribution < 1.29 is 23.8 Å². The van der Waals surface area contributed by atoms with Crippen molar-refractivity contribution in [2.24, 2.45) is 0 Å². The molecule has 0 saturated carbocycles. The highest BCUT2D eigenvalue weighted by atomic mass is 35.5. The molecule has 0 fully saturated rings. The van der Waals surface area contributed by atoms with Crippen molar-refractivity contribution >= 4 is 29.1 Å². The van der Waals surface area contributed by atoms with E-state index in [0.717, 1.165) is 27.8 Å². The lowest BCUT2D eigenvalue weighted by atomic mass is 9.83. The lowest BCUT2D eigenvalue weighted by Crippen LogP contribution is -2.37. The zero-order valence-electron chi connectivity index (χ0n) is 20.6. The van der Waals surface area contributed by atoms with Crippen molar-refractivity contribution in [3.05, 3.63) is 107 Å². The molecule has 192 valence electrons. The van der Waals surface area contributed by atoms with Gasteiger partial charge in [0.05, 0.1) is 7.11 Å². The summed E-state index contributed by atoms with van der Waals surface area (Å²) in [4.78, 5) is 11.8. The molecule has 37 heavy (non-hydrogen) atoms. The minimum atomic E-state index is -1.02. The maximum absolute atomic E-state index is 14.3. The molecule has 0 radical (unpaired) electrons. The number of hydrogen-bond acceptors (Lipinski definition) is 4. The van der Waals surface area contributed by atoms with E-state index in [1.54, 1.807) is 18.2 Å². The van der Waals surface area contributed by atoms with Gasteiger partial charge in [0.2, 0.25) is 0 Å². The number of para-hydroxylation sites is 2. The minimum absolute atomic E-state index is 0. The number of methoxy groups -OCH3 is 1. The molecule has 7 heteroatoms. The fourth-order valence-electron chi connectivity index (χ4n) is 5.22. The third-order valence-electron chi connectivity index (χ3n) is 6.96. The highest BCUT2D eigenvalue weighted by Gasteiger charge is 2.32. The lowest BCUT2D eigenvalue weighted by Gasteiger charge is -2.34. The first-order chi connectivity index (χ1) is 17.5. The normalized spacial score (nSPS) is 17.3. The summed E-state index contributed by atoms with van der Waals surface area (Å²) < 4.78 is 26.2. The molecule has 3 atom stereocenters. The number of carboxylic acid groups (broad SMARTS) is 1. The Bertz CT molecular complexity index is 1430. The van der Waals surface area contributed by atoms with Crippen LogP contribution in [0.5, 0.6) is 11.5 Å². The number of carbonyl (C=O) groups is 1. The standard InChI is InChI=1S/C30H28FNO4.ClH/c1-18(20-14-15-27(31)22-9-4-3-8-21(20)22)32-17-19-16-26(23-10-5-6-13-28(23)36-19)24-11-7-12-25(30(33)34)29(24)35-2;/h3-15,18-19,26,32H,16-17H2,1-2H3,(H,33,34);1H/t18-,19-,26+;/m1./s1. The molecule has 0 bridgehead atoms. The van der Waals surface area contributed by atoms with E-state index in [9.17, 15) is 14.3 Å². The van der Waals surface area contributed by atoms with Crippen LogP contribution in [0.4, 0.5) is 4.39 Å². The highest BCUT2D eigenvalue weighted by molar-refractivity contribution is 5.91. The highest BCUT2D eigenvalue weighted by Crippen LogP contribution is 2.44. The average Bonchev–Trinajstić information content (AvgIpc) is 2.91. The van der Waals surface area contributed by atoms with Crippen LogP contribution in [0.25, 0.3) is 10.8 Å². The summed E-state index contributed by atoms with van der Waals surface area (Å²) in [7, 11) is 1.50. The van der Waals surface area contributed by atoms with Gasteiger partial charge >= 0.3 is 5.97 Å². The van der Waals surface area contributed by atoms with Gasteiger partial charge in [0.15, 0.2) is 0 Å². The topological polar surface area (TPSA) is 67.8 Å². The largest absolute Gasteiger partial charge is 0.496 e. The van der Waals surface area contributed by atoms with E-state index in [1.165, 1.54) is 13.2 Å². The number of aromatic carboxylic acids is 1. The van der Waals surface area contributed by atoms with Crippen molar-refractivity contribution in [1.82, 2.24) is 5.32 Å². The van der Waals surface area contributed by atoms with Crippen LogP contribution >= 0.6 is 12.4 Å². The summed E-state index contributed by atoms with van der Waals surface area (Å²) in [6.45, 7) is 2.63. The van der Waals surface area contributed by atoms with Crippen molar-refractivity contribution in [2.45, 2.75) is 31.4 Å². The molecule has 0 aliphatic carbocycles. The van der Waals surface area contributed by atoms with Gasteiger partial charge in [-0.2, -0.15) is 0 Å². The number of rotatable bonds is 7. The van der Waals surface area contributed by atoms with Crippen LogP contribution in [-0.4, -0.2) is 30.8 Å². The number of nitrogens with one attached hydrogen (secondary N) is 1. The van der Waals surface area contributed by atoms with Gasteiger partial charge in [-0.05, 0) is 42.5 Å². The summed E-state index contributed by atoms with van der Waals surface area (Å²) in [5.74, 6) is -0.174. The van der Waals surface area contributed by atoms with Gasteiger partial charge in [-0.3, -0.25) is 0 Å². The Hall–Kier alpha value is -3.61. The third kappa shape index (κ3) is 5.13. The zero-order chi connectivity index (χ0) is 25.2. The van der Waals surface area contributed by atoms with Crippen LogP contribution < -0.4 is 14.8 Å². The van der Waals surface area contributed by atoms with Crippen molar-refractivity contribution in [3.8, 4) is 11.5 Å². The molecule has 2 N–H and O–H groups in total. The van der Waals surface area contributed by atoms with E-state index in [-0.39, 0.29) is 41.9 Å². The molecule has 1 aliphatic rings. The first-order valence-corrected chi connectivity index (χ1v) is 12.0. The molecule has 1 aliphatic heterocycles. The quantitative estimate of drug-likeness (QED) is 0.282. The van der Waals surface area contributed by atoms with Crippen LogP contribution in [0.2, 0.25) is 0 Å². The Morgan fingerprint density at radius 2 is 1.73 bits per heavy atom. The predicted octanol–water partition coefficient (Wildman–Crippen LogP) is 6.74. The van der Waals surface area contributed by atoms with Gasteiger partial charge in [0, 0.05) is 35.0 Å². The summed E-state index contributed by atoms with van der Waals surface area (Å²) in [5.41, 5.74) is 3.00. The second-order valence-corrected chi connectivity index (χ2v) is 9.11. The maximum atomic E-state index is 14.3. The van der Waals surface area contributed by atoms with Crippen LogP contribution in [0.15, 0.2) is 78.9 Å². The average molecular weight is 522 g/mol. The second kappa shape index (κ2) is 11.2. The van der Waals surface area contributed by atoms with Gasteiger partial charge in [-0.25, -0.2) is 9.18 Å². The molecule has 0 unspecified atom stereocenters. The molecule has 1 heterocycles. The van der Waals surface area contributed by atoms with Gasteiger partial charge in [0.25, 0.3) is 0 Å². The molecule has 0 spiro atoms. The number of ether oxygens (including phenoxy) is 2. The van der Waals surface area contributed by atoms with E-state index < -0.39 is 5.97 Å². The molecular weight excluding hydrogens is 493 g/mol. The van der Waals surface area contributed by atoms with E-state index >= 15 is 0 Å². The maximum Gasteiger partial charge on any atom is 0.339 e. The molecular formula is C30H29ClFNO4. The SMILES string of the molecule is COc1c(C(=O)O)cccc1[C@H]1C[C@H](CN[C@H](C)c2ccc(F)c3ccccc23)Oc2ccccc21.Cl. The third-order valence-corrected chi connectivity index (χ3v) is 6.96. The fourth-order valence-corrected chi connectivity index (χ4v) is 5.22. The monoisotopic (exact) mass is 521 g/mol. The van der Waals surface area contributed by atoms with Crippen LogP contribution in [0.1, 0.15) is 52.4 Å².